The maximum atomic E-state index is 10.5. The highest BCUT2D eigenvalue weighted by molar-refractivity contribution is 5.00. The van der Waals surface area contributed by atoms with Crippen molar-refractivity contribution in [1.29, 1.82) is 0 Å². The Hall–Kier alpha value is -0.840. The highest BCUT2D eigenvalue weighted by atomic mass is 16.9. The first-order chi connectivity index (χ1) is 8.90. The van der Waals surface area contributed by atoms with Crippen LogP contribution in [0.25, 0.3) is 0 Å². The lowest BCUT2D eigenvalue weighted by Crippen LogP contribution is -2.49. The van der Waals surface area contributed by atoms with Crippen LogP contribution in [-0.4, -0.2) is 18.2 Å². The van der Waals surface area contributed by atoms with Crippen molar-refractivity contribution in [3.63, 3.8) is 0 Å². The van der Waals surface area contributed by atoms with E-state index in [-0.39, 0.29) is 17.4 Å². The van der Waals surface area contributed by atoms with Gasteiger partial charge in [-0.15, -0.1) is 10.1 Å². The molecule has 2 N–H and O–H groups in total. The summed E-state index contributed by atoms with van der Waals surface area (Å²) in [6.07, 6.45) is 6.69. The van der Waals surface area contributed by atoms with Crippen LogP contribution in [0.3, 0.4) is 0 Å². The molecule has 0 aromatic carbocycles. The standard InChI is InChI=1S/C14H26N2O3/c1-3-11-4-12-5-13(2,9-15)8-14(6-11,7-12)10-19-16(17)18/h11-12H,3-10,15H2,1-2H3. The molecule has 0 saturated heterocycles. The normalized spacial score (nSPS) is 41.8. The predicted octanol–water partition coefficient (Wildman–Crippen LogP) is 2.77. The minimum absolute atomic E-state index is 0.0248. The second kappa shape index (κ2) is 5.27. The van der Waals surface area contributed by atoms with E-state index in [1.807, 2.05) is 0 Å². The third-order valence-corrected chi connectivity index (χ3v) is 5.24. The molecule has 0 aromatic rings. The van der Waals surface area contributed by atoms with E-state index in [4.69, 9.17) is 10.6 Å². The molecule has 0 spiro atoms. The van der Waals surface area contributed by atoms with Crippen molar-refractivity contribution in [2.45, 2.75) is 52.4 Å². The largest absolute Gasteiger partial charge is 0.330 e. The second-order valence-electron chi connectivity index (χ2n) is 7.18. The maximum absolute atomic E-state index is 10.5. The summed E-state index contributed by atoms with van der Waals surface area (Å²) >= 11 is 0. The monoisotopic (exact) mass is 270 g/mol. The van der Waals surface area contributed by atoms with Crippen LogP contribution < -0.4 is 5.73 Å². The quantitative estimate of drug-likeness (QED) is 0.615. The van der Waals surface area contributed by atoms with E-state index in [9.17, 15) is 10.1 Å². The Labute approximate surface area is 115 Å². The molecule has 0 aliphatic heterocycles. The summed E-state index contributed by atoms with van der Waals surface area (Å²) in [5, 5.41) is 9.90. The zero-order valence-corrected chi connectivity index (χ0v) is 12.1. The molecular weight excluding hydrogens is 244 g/mol. The molecule has 0 amide bonds. The molecule has 2 saturated carbocycles. The van der Waals surface area contributed by atoms with Crippen molar-refractivity contribution in [3.8, 4) is 0 Å². The van der Waals surface area contributed by atoms with Crippen LogP contribution >= 0.6 is 0 Å². The van der Waals surface area contributed by atoms with Crippen molar-refractivity contribution in [2.75, 3.05) is 13.2 Å². The van der Waals surface area contributed by atoms with E-state index in [2.05, 4.69) is 13.8 Å². The lowest BCUT2D eigenvalue weighted by atomic mass is 9.52. The van der Waals surface area contributed by atoms with Gasteiger partial charge in [0, 0.05) is 0 Å². The van der Waals surface area contributed by atoms with Crippen molar-refractivity contribution in [3.05, 3.63) is 10.1 Å². The number of hydrogen-bond donors (Lipinski definition) is 1. The summed E-state index contributed by atoms with van der Waals surface area (Å²) in [4.78, 5) is 15.3. The van der Waals surface area contributed by atoms with Crippen LogP contribution in [0, 0.1) is 32.8 Å². The van der Waals surface area contributed by atoms with Crippen molar-refractivity contribution < 1.29 is 9.92 Å². The second-order valence-corrected chi connectivity index (χ2v) is 7.18. The van der Waals surface area contributed by atoms with Gasteiger partial charge in [-0.3, -0.25) is 0 Å². The van der Waals surface area contributed by atoms with Crippen molar-refractivity contribution in [1.82, 2.24) is 0 Å². The van der Waals surface area contributed by atoms with E-state index in [0.29, 0.717) is 18.4 Å². The number of rotatable bonds is 5. The van der Waals surface area contributed by atoms with Crippen LogP contribution in [0.1, 0.15) is 52.4 Å². The molecule has 2 bridgehead atoms. The fraction of sp³-hybridized carbons (Fsp3) is 1.00. The highest BCUT2D eigenvalue weighted by Crippen LogP contribution is 2.57. The molecular formula is C14H26N2O3. The van der Waals surface area contributed by atoms with Gasteiger partial charge in [0.15, 0.2) is 0 Å². The summed E-state index contributed by atoms with van der Waals surface area (Å²) in [7, 11) is 0. The lowest BCUT2D eigenvalue weighted by molar-refractivity contribution is -0.761. The van der Waals surface area contributed by atoms with Gasteiger partial charge in [-0.2, -0.15) is 0 Å². The van der Waals surface area contributed by atoms with Gasteiger partial charge in [0.1, 0.15) is 6.61 Å². The molecule has 4 atom stereocenters. The fourth-order valence-corrected chi connectivity index (χ4v) is 4.75. The first-order valence-electron chi connectivity index (χ1n) is 7.38. The van der Waals surface area contributed by atoms with Gasteiger partial charge in [-0.05, 0) is 61.3 Å². The minimum atomic E-state index is -0.645. The number of nitrogens with zero attached hydrogens (tertiary/aromatic N) is 1. The Kier molecular flexibility index (Phi) is 4.04. The molecule has 4 unspecified atom stereocenters. The fourth-order valence-electron chi connectivity index (χ4n) is 4.75. The Bertz CT molecular complexity index is 350. The Morgan fingerprint density at radius 2 is 2.16 bits per heavy atom. The van der Waals surface area contributed by atoms with Gasteiger partial charge in [0.25, 0.3) is 5.09 Å². The lowest BCUT2D eigenvalue weighted by Gasteiger charge is -2.54. The van der Waals surface area contributed by atoms with E-state index < -0.39 is 5.09 Å². The predicted molar refractivity (Wildman–Crippen MR) is 72.9 cm³/mol. The number of hydrogen-bond acceptors (Lipinski definition) is 4. The first-order valence-corrected chi connectivity index (χ1v) is 7.38. The van der Waals surface area contributed by atoms with Gasteiger partial charge in [0.2, 0.25) is 0 Å². The van der Waals surface area contributed by atoms with Gasteiger partial charge in [-0.1, -0.05) is 20.3 Å². The van der Waals surface area contributed by atoms with E-state index >= 15 is 0 Å². The summed E-state index contributed by atoms with van der Waals surface area (Å²) in [5.74, 6) is 1.35. The SMILES string of the molecule is CCC1CC2CC(C)(CN)CC(CO[N+](=O)[O-])(C1)C2. The van der Waals surface area contributed by atoms with Gasteiger partial charge in [0.05, 0.1) is 0 Å². The first kappa shape index (κ1) is 14.6. The molecule has 2 aliphatic rings. The molecule has 5 nitrogen and oxygen atoms in total. The molecule has 2 aliphatic carbocycles. The summed E-state index contributed by atoms with van der Waals surface area (Å²) in [6.45, 7) is 5.37. The topological polar surface area (TPSA) is 78.4 Å². The van der Waals surface area contributed by atoms with Crippen LogP contribution in [-0.2, 0) is 4.84 Å². The van der Waals surface area contributed by atoms with E-state index in [0.717, 1.165) is 25.7 Å². The van der Waals surface area contributed by atoms with Gasteiger partial charge < -0.3 is 10.6 Å². The van der Waals surface area contributed by atoms with Gasteiger partial charge in [-0.25, -0.2) is 0 Å². The van der Waals surface area contributed by atoms with E-state index in [1.165, 1.54) is 12.8 Å². The summed E-state index contributed by atoms with van der Waals surface area (Å²) in [5.41, 5.74) is 6.05. The molecule has 110 valence electrons. The van der Waals surface area contributed by atoms with Crippen LogP contribution in [0.15, 0.2) is 0 Å². The number of fused-ring (bicyclic) bond motifs is 2. The Morgan fingerprint density at radius 1 is 1.42 bits per heavy atom. The highest BCUT2D eigenvalue weighted by Gasteiger charge is 2.50. The zero-order valence-electron chi connectivity index (χ0n) is 12.1. The van der Waals surface area contributed by atoms with Gasteiger partial charge >= 0.3 is 0 Å². The zero-order chi connectivity index (χ0) is 14.1. The molecule has 0 heterocycles. The minimum Gasteiger partial charge on any atom is -0.330 e. The van der Waals surface area contributed by atoms with E-state index in [1.54, 1.807) is 0 Å². The Morgan fingerprint density at radius 3 is 2.74 bits per heavy atom. The third-order valence-electron chi connectivity index (χ3n) is 5.24. The molecule has 19 heavy (non-hydrogen) atoms. The average molecular weight is 270 g/mol. The van der Waals surface area contributed by atoms with Crippen molar-refractivity contribution >= 4 is 0 Å². The molecule has 2 rings (SSSR count). The van der Waals surface area contributed by atoms with Crippen LogP contribution in [0.5, 0.6) is 0 Å². The summed E-state index contributed by atoms with van der Waals surface area (Å²) in [6, 6.07) is 0. The van der Waals surface area contributed by atoms with Crippen molar-refractivity contribution in [2.24, 2.45) is 28.4 Å². The molecule has 0 aromatic heterocycles. The number of nitrogens with two attached hydrogens (primary N) is 1. The third kappa shape index (κ3) is 3.19. The maximum Gasteiger partial charge on any atom is 0.294 e. The average Bonchev–Trinajstić information content (AvgIpc) is 2.35. The van der Waals surface area contributed by atoms with Crippen LogP contribution in [0.2, 0.25) is 0 Å². The Balaban J connectivity index is 2.16. The molecule has 5 heteroatoms. The van der Waals surface area contributed by atoms with Crippen LogP contribution in [0.4, 0.5) is 0 Å². The smallest absolute Gasteiger partial charge is 0.294 e. The molecule has 2 fully saturated rings. The summed E-state index contributed by atoms with van der Waals surface area (Å²) < 4.78 is 0. The molecule has 0 radical (unpaired) electrons.